The lowest BCUT2D eigenvalue weighted by atomic mass is 10.1. The van der Waals surface area contributed by atoms with E-state index >= 15 is 0 Å². The number of nitro groups is 1. The zero-order valence-corrected chi connectivity index (χ0v) is 13.9. The molecule has 0 N–H and O–H groups in total. The Balaban J connectivity index is 1.74. The number of amides is 1. The fourth-order valence-electron chi connectivity index (χ4n) is 2.87. The van der Waals surface area contributed by atoms with Crippen LogP contribution < -0.4 is 4.90 Å². The van der Waals surface area contributed by atoms with Crippen molar-refractivity contribution in [2.75, 3.05) is 31.1 Å². The van der Waals surface area contributed by atoms with Gasteiger partial charge in [0.25, 0.3) is 11.6 Å². The zero-order valence-electron chi connectivity index (χ0n) is 13.2. The van der Waals surface area contributed by atoms with Crippen molar-refractivity contribution in [1.82, 2.24) is 4.90 Å². The predicted octanol–water partition coefficient (Wildman–Crippen LogP) is 3.35. The molecule has 1 aliphatic rings. The van der Waals surface area contributed by atoms with Gasteiger partial charge in [0.2, 0.25) is 0 Å². The number of halogens is 2. The molecule has 0 radical (unpaired) electrons. The number of benzene rings is 2. The van der Waals surface area contributed by atoms with E-state index in [-0.39, 0.29) is 11.6 Å². The van der Waals surface area contributed by atoms with Gasteiger partial charge >= 0.3 is 0 Å². The summed E-state index contributed by atoms with van der Waals surface area (Å²) < 4.78 is 13.3. The molecule has 0 saturated carbocycles. The lowest BCUT2D eigenvalue weighted by molar-refractivity contribution is -0.384. The maximum Gasteiger partial charge on any atom is 0.295 e. The summed E-state index contributed by atoms with van der Waals surface area (Å²) in [6.07, 6.45) is 0. The molecule has 0 bridgehead atoms. The quantitative estimate of drug-likeness (QED) is 0.619. The Kier molecular flexibility index (Phi) is 4.85. The first-order valence-electron chi connectivity index (χ1n) is 7.70. The summed E-state index contributed by atoms with van der Waals surface area (Å²) in [6.45, 7) is 1.64. The van der Waals surface area contributed by atoms with Crippen molar-refractivity contribution in [1.29, 1.82) is 0 Å². The van der Waals surface area contributed by atoms with Crippen molar-refractivity contribution in [2.45, 2.75) is 0 Å². The van der Waals surface area contributed by atoms with Gasteiger partial charge in [-0.15, -0.1) is 0 Å². The molecule has 0 aliphatic carbocycles. The summed E-state index contributed by atoms with van der Waals surface area (Å²) in [5.74, 6) is -0.818. The van der Waals surface area contributed by atoms with Gasteiger partial charge in [-0.05, 0) is 24.3 Å². The highest BCUT2D eigenvalue weighted by molar-refractivity contribution is 6.33. The van der Waals surface area contributed by atoms with Gasteiger partial charge in [-0.25, -0.2) is 4.39 Å². The van der Waals surface area contributed by atoms with Crippen LogP contribution in [0.2, 0.25) is 5.02 Å². The zero-order chi connectivity index (χ0) is 18.0. The number of anilines is 1. The van der Waals surface area contributed by atoms with E-state index in [9.17, 15) is 19.3 Å². The average Bonchev–Trinajstić information content (AvgIpc) is 2.61. The lowest BCUT2D eigenvalue weighted by Gasteiger charge is -2.36. The van der Waals surface area contributed by atoms with Crippen molar-refractivity contribution in [3.05, 3.63) is 69.0 Å². The van der Waals surface area contributed by atoms with E-state index in [0.29, 0.717) is 42.5 Å². The Bertz CT molecular complexity index is 823. The molecule has 1 fully saturated rings. The first-order chi connectivity index (χ1) is 12.0. The van der Waals surface area contributed by atoms with Crippen molar-refractivity contribution < 1.29 is 14.1 Å². The Hall–Kier alpha value is -2.67. The van der Waals surface area contributed by atoms with Gasteiger partial charge in [-0.1, -0.05) is 23.7 Å². The number of nitrogens with zero attached hydrogens (tertiary/aromatic N) is 3. The lowest BCUT2D eigenvalue weighted by Crippen LogP contribution is -2.49. The van der Waals surface area contributed by atoms with Crippen LogP contribution in [-0.4, -0.2) is 41.9 Å². The summed E-state index contributed by atoms with van der Waals surface area (Å²) in [4.78, 5) is 26.5. The van der Waals surface area contributed by atoms with Gasteiger partial charge in [0.1, 0.15) is 11.5 Å². The van der Waals surface area contributed by atoms with Crippen molar-refractivity contribution in [3.63, 3.8) is 0 Å². The molecule has 1 amide bonds. The van der Waals surface area contributed by atoms with Crippen LogP contribution in [0.4, 0.5) is 15.8 Å². The highest BCUT2D eigenvalue weighted by atomic mass is 35.5. The standard InChI is InChI=1S/C17H15ClFN3O3/c18-14-4-2-1-3-13(14)17(23)21-9-7-20(8-10-21)15-6-5-12(19)11-16(15)22(24)25/h1-6,11H,7-10H2. The second-order valence-electron chi connectivity index (χ2n) is 5.65. The van der Waals surface area contributed by atoms with E-state index in [2.05, 4.69) is 0 Å². The number of rotatable bonds is 3. The molecule has 6 nitrogen and oxygen atoms in total. The van der Waals surface area contributed by atoms with Crippen molar-refractivity contribution in [3.8, 4) is 0 Å². The average molecular weight is 364 g/mol. The van der Waals surface area contributed by atoms with E-state index in [4.69, 9.17) is 11.6 Å². The Morgan fingerprint density at radius 2 is 1.80 bits per heavy atom. The predicted molar refractivity (Wildman–Crippen MR) is 92.6 cm³/mol. The third-order valence-corrected chi connectivity index (χ3v) is 4.48. The first-order valence-corrected chi connectivity index (χ1v) is 8.08. The normalized spacial score (nSPS) is 14.5. The molecule has 1 aliphatic heterocycles. The topological polar surface area (TPSA) is 66.7 Å². The van der Waals surface area contributed by atoms with E-state index < -0.39 is 10.7 Å². The molecule has 1 saturated heterocycles. The number of carbonyl (C=O) groups excluding carboxylic acids is 1. The first kappa shape index (κ1) is 17.2. The van der Waals surface area contributed by atoms with Crippen LogP contribution in [0.1, 0.15) is 10.4 Å². The maximum atomic E-state index is 13.3. The van der Waals surface area contributed by atoms with E-state index in [1.165, 1.54) is 12.1 Å². The van der Waals surface area contributed by atoms with Crippen LogP contribution in [0.5, 0.6) is 0 Å². The molecular weight excluding hydrogens is 349 g/mol. The molecule has 25 heavy (non-hydrogen) atoms. The summed E-state index contributed by atoms with van der Waals surface area (Å²) in [6, 6.07) is 10.3. The highest BCUT2D eigenvalue weighted by Crippen LogP contribution is 2.30. The molecule has 1 heterocycles. The van der Waals surface area contributed by atoms with Crippen LogP contribution in [0.15, 0.2) is 42.5 Å². The second kappa shape index (κ2) is 7.06. The minimum absolute atomic E-state index is 0.168. The second-order valence-corrected chi connectivity index (χ2v) is 6.06. The third-order valence-electron chi connectivity index (χ3n) is 4.15. The van der Waals surface area contributed by atoms with E-state index in [0.717, 1.165) is 6.07 Å². The van der Waals surface area contributed by atoms with Gasteiger partial charge < -0.3 is 9.80 Å². The molecule has 2 aromatic carbocycles. The van der Waals surface area contributed by atoms with Crippen molar-refractivity contribution >= 4 is 28.9 Å². The summed E-state index contributed by atoms with van der Waals surface area (Å²) in [7, 11) is 0. The van der Waals surface area contributed by atoms with Crippen LogP contribution in [0.25, 0.3) is 0 Å². The number of hydrogen-bond donors (Lipinski definition) is 0. The van der Waals surface area contributed by atoms with Gasteiger partial charge in [-0.2, -0.15) is 0 Å². The summed E-state index contributed by atoms with van der Waals surface area (Å²) in [5.41, 5.74) is 0.521. The number of hydrogen-bond acceptors (Lipinski definition) is 4. The Labute approximate surface area is 148 Å². The highest BCUT2D eigenvalue weighted by Gasteiger charge is 2.27. The van der Waals surface area contributed by atoms with Crippen molar-refractivity contribution in [2.24, 2.45) is 0 Å². The van der Waals surface area contributed by atoms with Crippen LogP contribution in [0, 0.1) is 15.9 Å². The largest absolute Gasteiger partial charge is 0.362 e. The maximum absolute atomic E-state index is 13.3. The molecule has 3 rings (SSSR count). The molecule has 2 aromatic rings. The fraction of sp³-hybridized carbons (Fsp3) is 0.235. The molecule has 0 aromatic heterocycles. The van der Waals surface area contributed by atoms with E-state index in [1.807, 2.05) is 0 Å². The minimum atomic E-state index is -0.650. The van der Waals surface area contributed by atoms with Gasteiger partial charge in [0.05, 0.1) is 21.6 Å². The molecule has 0 unspecified atom stereocenters. The number of carbonyl (C=O) groups is 1. The SMILES string of the molecule is O=C(c1ccccc1Cl)N1CCN(c2ccc(F)cc2[N+](=O)[O-])CC1. The third kappa shape index (κ3) is 3.56. The van der Waals surface area contributed by atoms with Gasteiger partial charge in [0.15, 0.2) is 0 Å². The molecule has 0 spiro atoms. The molecule has 8 heteroatoms. The Morgan fingerprint density at radius 3 is 2.44 bits per heavy atom. The summed E-state index contributed by atoms with van der Waals surface area (Å²) >= 11 is 6.06. The monoisotopic (exact) mass is 363 g/mol. The van der Waals surface area contributed by atoms with Crippen LogP contribution in [0.3, 0.4) is 0 Å². The van der Waals surface area contributed by atoms with Crippen LogP contribution in [-0.2, 0) is 0 Å². The molecule has 0 atom stereocenters. The van der Waals surface area contributed by atoms with Gasteiger partial charge in [0, 0.05) is 26.2 Å². The number of piperazine rings is 1. The van der Waals surface area contributed by atoms with E-state index in [1.54, 1.807) is 34.1 Å². The molecule has 130 valence electrons. The van der Waals surface area contributed by atoms with Crippen LogP contribution >= 0.6 is 11.6 Å². The van der Waals surface area contributed by atoms with Gasteiger partial charge in [-0.3, -0.25) is 14.9 Å². The number of nitro benzene ring substituents is 1. The fourth-order valence-corrected chi connectivity index (χ4v) is 3.08. The molecular formula is C17H15ClFN3O3. The minimum Gasteiger partial charge on any atom is -0.362 e. The Morgan fingerprint density at radius 1 is 1.12 bits per heavy atom. The smallest absolute Gasteiger partial charge is 0.295 e. The summed E-state index contributed by atoms with van der Waals surface area (Å²) in [5, 5.41) is 11.5.